The van der Waals surface area contributed by atoms with Crippen LogP contribution >= 0.6 is 11.8 Å². The molecule has 4 nitrogen and oxygen atoms in total. The minimum atomic E-state index is -4.68. The average Bonchev–Trinajstić information content (AvgIpc) is 2.53. The monoisotopic (exact) mass is 370 g/mol. The summed E-state index contributed by atoms with van der Waals surface area (Å²) < 4.78 is 44.7. The molecule has 0 radical (unpaired) electrons. The van der Waals surface area contributed by atoms with Crippen LogP contribution < -0.4 is 0 Å². The Balaban J connectivity index is 2.00. The van der Waals surface area contributed by atoms with Gasteiger partial charge in [-0.15, -0.1) is 11.8 Å². The molecule has 132 valence electrons. The Labute approximate surface area is 145 Å². The fraction of sp³-hybridized carbons (Fsp3) is 0.353. The highest BCUT2D eigenvalue weighted by atomic mass is 32.2. The standard InChI is InChI=1S/C17H13F3O4S/c18-17(19,20)12-5-4-11(15-14(12)13(22)6-7-25-15)16(23)24-10-3-1-2-9(21)8-10/h4-5,8H,1-3,6-7H2. The average molecular weight is 370 g/mol. The molecule has 8 heteroatoms. The Morgan fingerprint density at radius 2 is 1.88 bits per heavy atom. The fourth-order valence-electron chi connectivity index (χ4n) is 2.79. The van der Waals surface area contributed by atoms with Gasteiger partial charge in [0.1, 0.15) is 5.76 Å². The molecule has 0 N–H and O–H groups in total. The van der Waals surface area contributed by atoms with Crippen molar-refractivity contribution in [3.05, 3.63) is 40.7 Å². The number of benzene rings is 1. The van der Waals surface area contributed by atoms with Gasteiger partial charge in [0.25, 0.3) is 0 Å². The molecule has 0 bridgehead atoms. The molecule has 3 rings (SSSR count). The van der Waals surface area contributed by atoms with Gasteiger partial charge in [-0.25, -0.2) is 4.79 Å². The Morgan fingerprint density at radius 1 is 1.12 bits per heavy atom. The number of esters is 1. The maximum absolute atomic E-state index is 13.2. The smallest absolute Gasteiger partial charge is 0.417 e. The lowest BCUT2D eigenvalue weighted by atomic mass is 9.97. The number of rotatable bonds is 2. The molecular weight excluding hydrogens is 357 g/mol. The van der Waals surface area contributed by atoms with Gasteiger partial charge < -0.3 is 4.74 Å². The summed E-state index contributed by atoms with van der Waals surface area (Å²) in [7, 11) is 0. The first-order chi connectivity index (χ1) is 11.8. The van der Waals surface area contributed by atoms with E-state index in [0.717, 1.165) is 23.9 Å². The largest absolute Gasteiger partial charge is 0.427 e. The van der Waals surface area contributed by atoms with E-state index in [1.807, 2.05) is 0 Å². The molecule has 0 saturated carbocycles. The van der Waals surface area contributed by atoms with E-state index in [4.69, 9.17) is 4.74 Å². The maximum Gasteiger partial charge on any atom is 0.417 e. The van der Waals surface area contributed by atoms with E-state index < -0.39 is 29.1 Å². The minimum Gasteiger partial charge on any atom is -0.427 e. The van der Waals surface area contributed by atoms with Gasteiger partial charge in [0.15, 0.2) is 11.6 Å². The number of hydrogen-bond acceptors (Lipinski definition) is 5. The molecule has 1 heterocycles. The van der Waals surface area contributed by atoms with Crippen LogP contribution in [0.4, 0.5) is 13.2 Å². The molecule has 1 aliphatic heterocycles. The molecule has 0 fully saturated rings. The van der Waals surface area contributed by atoms with Crippen LogP contribution in [0.3, 0.4) is 0 Å². The van der Waals surface area contributed by atoms with Crippen LogP contribution in [0.25, 0.3) is 0 Å². The van der Waals surface area contributed by atoms with Gasteiger partial charge in [-0.2, -0.15) is 13.2 Å². The van der Waals surface area contributed by atoms with Gasteiger partial charge in [-0.3, -0.25) is 9.59 Å². The quantitative estimate of drug-likeness (QED) is 0.731. The van der Waals surface area contributed by atoms with E-state index in [9.17, 15) is 27.6 Å². The Bertz CT molecular complexity index is 796. The third-order valence-corrected chi connectivity index (χ3v) is 5.05. The Hall–Kier alpha value is -2.09. The minimum absolute atomic E-state index is 0.00110. The molecule has 0 amide bonds. The second-order valence-electron chi connectivity index (χ2n) is 5.70. The van der Waals surface area contributed by atoms with Crippen LogP contribution in [-0.2, 0) is 15.7 Å². The Morgan fingerprint density at radius 3 is 2.56 bits per heavy atom. The van der Waals surface area contributed by atoms with Crippen molar-refractivity contribution >= 4 is 29.3 Å². The van der Waals surface area contributed by atoms with Gasteiger partial charge in [0.2, 0.25) is 0 Å². The molecular formula is C17H13F3O4S. The summed E-state index contributed by atoms with van der Waals surface area (Å²) in [5.74, 6) is -1.15. The van der Waals surface area contributed by atoms with Crippen LogP contribution in [0.2, 0.25) is 0 Å². The van der Waals surface area contributed by atoms with Crippen molar-refractivity contribution < 1.29 is 32.3 Å². The van der Waals surface area contributed by atoms with E-state index in [1.54, 1.807) is 0 Å². The van der Waals surface area contributed by atoms with E-state index in [-0.39, 0.29) is 28.4 Å². The van der Waals surface area contributed by atoms with Crippen LogP contribution in [0, 0.1) is 0 Å². The molecule has 0 saturated heterocycles. The van der Waals surface area contributed by atoms with Crippen molar-refractivity contribution in [1.82, 2.24) is 0 Å². The van der Waals surface area contributed by atoms with Crippen molar-refractivity contribution in [2.75, 3.05) is 5.75 Å². The van der Waals surface area contributed by atoms with E-state index in [0.29, 0.717) is 25.0 Å². The summed E-state index contributed by atoms with van der Waals surface area (Å²) in [5.41, 5.74) is -1.59. The second-order valence-corrected chi connectivity index (χ2v) is 6.81. The number of carbonyl (C=O) groups excluding carboxylic acids is 3. The summed E-state index contributed by atoms with van der Waals surface area (Å²) in [6.07, 6.45) is -2.13. The lowest BCUT2D eigenvalue weighted by Crippen LogP contribution is -2.20. The third-order valence-electron chi connectivity index (χ3n) is 3.93. The highest BCUT2D eigenvalue weighted by Gasteiger charge is 2.39. The number of alkyl halides is 3. The van der Waals surface area contributed by atoms with Crippen LogP contribution in [0.15, 0.2) is 28.9 Å². The molecule has 1 aromatic carbocycles. The van der Waals surface area contributed by atoms with Gasteiger partial charge in [-0.05, 0) is 18.6 Å². The van der Waals surface area contributed by atoms with Gasteiger partial charge >= 0.3 is 12.1 Å². The maximum atomic E-state index is 13.2. The number of halogens is 3. The lowest BCUT2D eigenvalue weighted by Gasteiger charge is -2.22. The van der Waals surface area contributed by atoms with Gasteiger partial charge in [-0.1, -0.05) is 0 Å². The highest BCUT2D eigenvalue weighted by molar-refractivity contribution is 7.99. The SMILES string of the molecule is O=C1C=C(OC(=O)c2ccc(C(F)(F)F)c3c2SCCC3=O)CCC1. The molecule has 0 atom stereocenters. The number of carbonyl (C=O) groups is 3. The molecule has 2 aliphatic rings. The van der Waals surface area contributed by atoms with Crippen molar-refractivity contribution in [3.8, 4) is 0 Å². The molecule has 0 spiro atoms. The lowest BCUT2D eigenvalue weighted by molar-refractivity contribution is -0.138. The first kappa shape index (κ1) is 17.7. The van der Waals surface area contributed by atoms with Crippen molar-refractivity contribution in [2.45, 2.75) is 36.8 Å². The molecule has 0 aromatic heterocycles. The summed E-state index contributed by atoms with van der Waals surface area (Å²) in [4.78, 5) is 35.8. The van der Waals surface area contributed by atoms with Crippen molar-refractivity contribution in [3.63, 3.8) is 0 Å². The molecule has 1 aliphatic carbocycles. The highest BCUT2D eigenvalue weighted by Crippen LogP contribution is 2.41. The van der Waals surface area contributed by atoms with Crippen LogP contribution in [0.1, 0.15) is 52.0 Å². The predicted molar refractivity (Wildman–Crippen MR) is 83.5 cm³/mol. The number of fused-ring (bicyclic) bond motifs is 1. The normalized spacial score (nSPS) is 17.8. The Kier molecular flexibility index (Phi) is 4.73. The summed E-state index contributed by atoms with van der Waals surface area (Å²) in [6.45, 7) is 0. The zero-order chi connectivity index (χ0) is 18.2. The van der Waals surface area contributed by atoms with Gasteiger partial charge in [0.05, 0.1) is 11.1 Å². The molecule has 0 unspecified atom stereocenters. The summed E-state index contributed by atoms with van der Waals surface area (Å²) in [5, 5.41) is 0. The van der Waals surface area contributed by atoms with Crippen LogP contribution in [-0.4, -0.2) is 23.3 Å². The summed E-state index contributed by atoms with van der Waals surface area (Å²) >= 11 is 1.03. The van der Waals surface area contributed by atoms with Crippen molar-refractivity contribution in [2.24, 2.45) is 0 Å². The fourth-order valence-corrected chi connectivity index (χ4v) is 3.96. The zero-order valence-electron chi connectivity index (χ0n) is 12.9. The van der Waals surface area contributed by atoms with E-state index >= 15 is 0 Å². The van der Waals surface area contributed by atoms with Crippen LogP contribution in [0.5, 0.6) is 0 Å². The summed E-state index contributed by atoms with van der Waals surface area (Å²) in [6, 6.07) is 1.76. The first-order valence-electron chi connectivity index (χ1n) is 7.63. The predicted octanol–water partition coefficient (Wildman–Crippen LogP) is 4.18. The number of ketones is 2. The van der Waals surface area contributed by atoms with Crippen molar-refractivity contribution in [1.29, 1.82) is 0 Å². The van der Waals surface area contributed by atoms with E-state index in [1.165, 1.54) is 6.08 Å². The number of hydrogen-bond donors (Lipinski definition) is 0. The second kappa shape index (κ2) is 6.67. The third kappa shape index (κ3) is 3.63. The zero-order valence-corrected chi connectivity index (χ0v) is 13.8. The number of allylic oxidation sites excluding steroid dienone is 2. The first-order valence-corrected chi connectivity index (χ1v) is 8.61. The number of Topliss-reactive ketones (excluding diaryl/α,β-unsaturated/α-hetero) is 1. The molecule has 1 aromatic rings. The van der Waals surface area contributed by atoms with Gasteiger partial charge in [0, 0.05) is 41.6 Å². The topological polar surface area (TPSA) is 60.4 Å². The van der Waals surface area contributed by atoms with E-state index in [2.05, 4.69) is 0 Å². The molecule has 25 heavy (non-hydrogen) atoms. The number of ether oxygens (including phenoxy) is 1. The number of thioether (sulfide) groups is 1.